The third-order valence-electron chi connectivity index (χ3n) is 4.34. The molecule has 1 aliphatic heterocycles. The Hall–Kier alpha value is -1.26. The van der Waals surface area contributed by atoms with Crippen molar-refractivity contribution < 1.29 is 10.0 Å². The Labute approximate surface area is 109 Å². The third-order valence-corrected chi connectivity index (χ3v) is 4.34. The van der Waals surface area contributed by atoms with E-state index in [1.54, 1.807) is 0 Å². The van der Waals surface area contributed by atoms with E-state index in [0.29, 0.717) is 13.1 Å². The van der Waals surface area contributed by atoms with Crippen LogP contribution in [0.1, 0.15) is 47.0 Å². The zero-order valence-electron chi connectivity index (χ0n) is 11.9. The first kappa shape index (κ1) is 14.8. The molecule has 1 saturated heterocycles. The van der Waals surface area contributed by atoms with E-state index in [-0.39, 0.29) is 22.6 Å². The van der Waals surface area contributed by atoms with E-state index in [4.69, 9.17) is 10.9 Å². The van der Waals surface area contributed by atoms with Gasteiger partial charge in [0, 0.05) is 23.9 Å². The van der Waals surface area contributed by atoms with Gasteiger partial charge in [0.05, 0.1) is 0 Å². The number of likely N-dealkylation sites (tertiary alicyclic amines) is 1. The molecule has 5 nitrogen and oxygen atoms in total. The highest BCUT2D eigenvalue weighted by atomic mass is 16.4. The Balaban J connectivity index is 2.68. The topological polar surface area (TPSA) is 78.9 Å². The molecular formula is C13H25N3O2. The molecule has 0 aromatic rings. The lowest BCUT2D eigenvalue weighted by Crippen LogP contribution is -2.50. The molecule has 0 spiro atoms. The van der Waals surface area contributed by atoms with Crippen molar-refractivity contribution in [2.24, 2.45) is 21.7 Å². The first-order chi connectivity index (χ1) is 8.27. The van der Waals surface area contributed by atoms with Gasteiger partial charge in [-0.1, -0.05) is 32.9 Å². The number of piperidine rings is 1. The monoisotopic (exact) mass is 255 g/mol. The molecule has 1 heterocycles. The predicted molar refractivity (Wildman–Crippen MR) is 71.4 cm³/mol. The Morgan fingerprint density at radius 2 is 1.94 bits per heavy atom. The Morgan fingerprint density at radius 1 is 1.44 bits per heavy atom. The Bertz CT molecular complexity index is 342. The molecule has 1 rings (SSSR count). The lowest BCUT2D eigenvalue weighted by atomic mass is 9.78. The van der Waals surface area contributed by atoms with Gasteiger partial charge >= 0.3 is 0 Å². The molecular weight excluding hydrogens is 230 g/mol. The molecule has 1 fully saturated rings. The van der Waals surface area contributed by atoms with Crippen LogP contribution in [0.4, 0.5) is 0 Å². The quantitative estimate of drug-likeness (QED) is 0.349. The average Bonchev–Trinajstić information content (AvgIpc) is 2.37. The summed E-state index contributed by atoms with van der Waals surface area (Å²) >= 11 is 0. The maximum absolute atomic E-state index is 12.3. The average molecular weight is 255 g/mol. The van der Waals surface area contributed by atoms with Crippen LogP contribution in [0.15, 0.2) is 5.16 Å². The van der Waals surface area contributed by atoms with Gasteiger partial charge in [0.1, 0.15) is 5.84 Å². The summed E-state index contributed by atoms with van der Waals surface area (Å²) in [7, 11) is 0. The first-order valence-corrected chi connectivity index (χ1v) is 6.54. The largest absolute Gasteiger partial charge is 0.409 e. The van der Waals surface area contributed by atoms with Gasteiger partial charge in [-0.3, -0.25) is 4.79 Å². The molecule has 0 radical (unpaired) electrons. The number of nitrogens with two attached hydrogens (primary N) is 1. The Morgan fingerprint density at radius 3 is 2.33 bits per heavy atom. The summed E-state index contributed by atoms with van der Waals surface area (Å²) in [5.74, 6) is 0.468. The molecule has 0 aromatic carbocycles. The summed E-state index contributed by atoms with van der Waals surface area (Å²) in [5, 5.41) is 11.9. The second-order valence-electron chi connectivity index (χ2n) is 6.08. The highest BCUT2D eigenvalue weighted by molar-refractivity contribution is 5.86. The number of amides is 1. The van der Waals surface area contributed by atoms with Gasteiger partial charge < -0.3 is 15.8 Å². The van der Waals surface area contributed by atoms with E-state index in [0.717, 1.165) is 19.3 Å². The zero-order valence-corrected chi connectivity index (χ0v) is 11.9. The van der Waals surface area contributed by atoms with Gasteiger partial charge in [0.25, 0.3) is 0 Å². The fraction of sp³-hybridized carbons (Fsp3) is 0.846. The fourth-order valence-electron chi connectivity index (χ4n) is 2.16. The van der Waals surface area contributed by atoms with Gasteiger partial charge in [-0.25, -0.2) is 0 Å². The number of nitrogens with zero attached hydrogens (tertiary/aromatic N) is 2. The number of oxime groups is 1. The van der Waals surface area contributed by atoms with Crippen molar-refractivity contribution in [3.63, 3.8) is 0 Å². The standard InChI is InChI=1S/C13H25N3O2/c1-5-12(2,3)11(17)16-8-6-13(4,7-9-16)10(14)15-18/h18H,5-9H2,1-4H3,(H2,14,15). The minimum atomic E-state index is -0.301. The number of hydrogen-bond acceptors (Lipinski definition) is 3. The smallest absolute Gasteiger partial charge is 0.228 e. The van der Waals surface area contributed by atoms with Crippen LogP contribution in [0.5, 0.6) is 0 Å². The molecule has 0 atom stereocenters. The summed E-state index contributed by atoms with van der Waals surface area (Å²) in [5.41, 5.74) is 5.12. The van der Waals surface area contributed by atoms with Gasteiger partial charge in [0.2, 0.25) is 5.91 Å². The number of carbonyl (C=O) groups is 1. The van der Waals surface area contributed by atoms with Crippen molar-refractivity contribution in [1.29, 1.82) is 0 Å². The van der Waals surface area contributed by atoms with Crippen molar-refractivity contribution in [2.45, 2.75) is 47.0 Å². The highest BCUT2D eigenvalue weighted by Gasteiger charge is 2.38. The minimum absolute atomic E-state index is 0.201. The lowest BCUT2D eigenvalue weighted by molar-refractivity contribution is -0.142. The normalized spacial score (nSPS) is 20.9. The molecule has 0 bridgehead atoms. The van der Waals surface area contributed by atoms with E-state index in [1.165, 1.54) is 0 Å². The van der Waals surface area contributed by atoms with Crippen molar-refractivity contribution in [3.05, 3.63) is 0 Å². The first-order valence-electron chi connectivity index (χ1n) is 6.54. The van der Waals surface area contributed by atoms with Crippen molar-refractivity contribution in [1.82, 2.24) is 4.90 Å². The highest BCUT2D eigenvalue weighted by Crippen LogP contribution is 2.33. The van der Waals surface area contributed by atoms with Crippen LogP contribution in [0.2, 0.25) is 0 Å². The molecule has 1 aliphatic rings. The van der Waals surface area contributed by atoms with E-state index in [2.05, 4.69) is 5.16 Å². The third kappa shape index (κ3) is 2.76. The number of hydrogen-bond donors (Lipinski definition) is 2. The van der Waals surface area contributed by atoms with Gasteiger partial charge in [-0.15, -0.1) is 0 Å². The van der Waals surface area contributed by atoms with E-state index >= 15 is 0 Å². The molecule has 0 saturated carbocycles. The summed E-state index contributed by atoms with van der Waals surface area (Å²) in [6.45, 7) is 9.32. The molecule has 18 heavy (non-hydrogen) atoms. The second-order valence-corrected chi connectivity index (χ2v) is 6.08. The lowest BCUT2D eigenvalue weighted by Gasteiger charge is -2.41. The van der Waals surface area contributed by atoms with Gasteiger partial charge in [0.15, 0.2) is 0 Å². The van der Waals surface area contributed by atoms with Gasteiger partial charge in [-0.05, 0) is 19.3 Å². The summed E-state index contributed by atoms with van der Waals surface area (Å²) in [6.07, 6.45) is 2.32. The fourth-order valence-corrected chi connectivity index (χ4v) is 2.16. The molecule has 104 valence electrons. The van der Waals surface area contributed by atoms with E-state index in [1.807, 2.05) is 32.6 Å². The van der Waals surface area contributed by atoms with Crippen molar-refractivity contribution >= 4 is 11.7 Å². The van der Waals surface area contributed by atoms with E-state index < -0.39 is 0 Å². The molecule has 0 aliphatic carbocycles. The number of amidine groups is 1. The molecule has 1 amide bonds. The van der Waals surface area contributed by atoms with Crippen LogP contribution >= 0.6 is 0 Å². The van der Waals surface area contributed by atoms with Crippen LogP contribution in [0.3, 0.4) is 0 Å². The van der Waals surface area contributed by atoms with Gasteiger partial charge in [-0.2, -0.15) is 0 Å². The van der Waals surface area contributed by atoms with Crippen LogP contribution in [0.25, 0.3) is 0 Å². The van der Waals surface area contributed by atoms with Crippen LogP contribution in [0, 0.1) is 10.8 Å². The van der Waals surface area contributed by atoms with Crippen LogP contribution in [-0.2, 0) is 4.79 Å². The van der Waals surface area contributed by atoms with Crippen LogP contribution < -0.4 is 5.73 Å². The number of rotatable bonds is 3. The summed E-state index contributed by atoms with van der Waals surface area (Å²) in [6, 6.07) is 0. The molecule has 5 heteroatoms. The van der Waals surface area contributed by atoms with E-state index in [9.17, 15) is 4.79 Å². The van der Waals surface area contributed by atoms with Crippen LogP contribution in [-0.4, -0.2) is 34.9 Å². The second kappa shape index (κ2) is 5.16. The Kier molecular flexibility index (Phi) is 4.24. The van der Waals surface area contributed by atoms with Crippen molar-refractivity contribution in [3.8, 4) is 0 Å². The molecule has 0 aromatic heterocycles. The number of carbonyl (C=O) groups excluding carboxylic acids is 1. The maximum Gasteiger partial charge on any atom is 0.228 e. The minimum Gasteiger partial charge on any atom is -0.409 e. The molecule has 0 unspecified atom stereocenters. The van der Waals surface area contributed by atoms with Crippen molar-refractivity contribution in [2.75, 3.05) is 13.1 Å². The SMILES string of the molecule is CCC(C)(C)C(=O)N1CCC(C)(C(N)=NO)CC1. The summed E-state index contributed by atoms with van der Waals surface area (Å²) in [4.78, 5) is 14.2. The maximum atomic E-state index is 12.3. The summed E-state index contributed by atoms with van der Waals surface area (Å²) < 4.78 is 0. The molecule has 3 N–H and O–H groups in total. The predicted octanol–water partition coefficient (Wildman–Crippen LogP) is 1.80. The zero-order chi connectivity index (χ0) is 14.0.